The third-order valence-electron chi connectivity index (χ3n) is 11.1. The van der Waals surface area contributed by atoms with E-state index < -0.39 is 26.8 Å². The second kappa shape index (κ2) is 18.7. The quantitative estimate of drug-likeness (QED) is 0.0545. The minimum absolute atomic E-state index is 0.244. The molecule has 60 heavy (non-hydrogen) atoms. The first-order valence-electron chi connectivity index (χ1n) is 21.2. The summed E-state index contributed by atoms with van der Waals surface area (Å²) in [7, 11) is -2.52. The van der Waals surface area contributed by atoms with Crippen molar-refractivity contribution >= 4 is 72.4 Å². The van der Waals surface area contributed by atoms with Crippen molar-refractivity contribution in [2.75, 3.05) is 81.8 Å². The molecule has 16 heteroatoms. The molecule has 0 atom stereocenters. The van der Waals surface area contributed by atoms with Crippen LogP contribution in [0.5, 0.6) is 0 Å². The van der Waals surface area contributed by atoms with Crippen LogP contribution in [0.4, 0.5) is 33.6 Å². The summed E-state index contributed by atoms with van der Waals surface area (Å²) >= 11 is 0. The monoisotopic (exact) mass is 860 g/mol. The highest BCUT2D eigenvalue weighted by atomic mass is 31.2. The lowest BCUT2D eigenvalue weighted by Gasteiger charge is -2.43. The molecule has 1 amide bonds. The molecule has 2 N–H and O–H groups in total. The number of hydrogen-bond acceptors (Lipinski definition) is 12. The fourth-order valence-corrected chi connectivity index (χ4v) is 9.73. The Hall–Kier alpha value is -4.43. The summed E-state index contributed by atoms with van der Waals surface area (Å²) in [5.41, 5.74) is 3.87. The number of fused-ring (bicyclic) bond motifs is 1. The number of rotatable bonds is 14. The van der Waals surface area contributed by atoms with E-state index in [1.807, 2.05) is 78.9 Å². The second-order valence-electron chi connectivity index (χ2n) is 18.5. The molecule has 14 nitrogen and oxygen atoms in total. The zero-order valence-electron chi connectivity index (χ0n) is 37.3. The van der Waals surface area contributed by atoms with Gasteiger partial charge in [-0.05, 0) is 95.3 Å². The zero-order valence-corrected chi connectivity index (χ0v) is 39.2. The third kappa shape index (κ3) is 11.3. The molecule has 2 fully saturated rings. The number of nitrogens with zero attached hydrogens (tertiary/aromatic N) is 6. The van der Waals surface area contributed by atoms with Gasteiger partial charge in [0.25, 0.3) is 0 Å². The number of piperidine rings is 1. The SMILES string of the molecule is CCc1cc(Nc2nc(Nc3ccccc3P(C)(C)=O)c3ccn(COCC[Si](C)(C)C)c3n2)c(C(=O)OC)cc1N1CCC(N2CCN(C(=O)OC(C)(C)C)CC2)CC1. The van der Waals surface area contributed by atoms with Gasteiger partial charge in [0, 0.05) is 77.2 Å². The van der Waals surface area contributed by atoms with Crippen LogP contribution in [0.1, 0.15) is 56.5 Å². The number of carbonyl (C=O) groups is 2. The Morgan fingerprint density at radius 2 is 1.63 bits per heavy atom. The molecule has 4 aromatic rings. The Morgan fingerprint density at radius 3 is 2.27 bits per heavy atom. The van der Waals surface area contributed by atoms with Gasteiger partial charge in [-0.15, -0.1) is 0 Å². The highest BCUT2D eigenvalue weighted by molar-refractivity contribution is 7.70. The Morgan fingerprint density at radius 1 is 0.933 bits per heavy atom. The highest BCUT2D eigenvalue weighted by Gasteiger charge is 2.32. The van der Waals surface area contributed by atoms with Crippen LogP contribution in [0, 0.1) is 0 Å². The topological polar surface area (TPSA) is 143 Å². The summed E-state index contributed by atoms with van der Waals surface area (Å²) in [6, 6.07) is 15.0. The lowest BCUT2D eigenvalue weighted by molar-refractivity contribution is 0.00900. The van der Waals surface area contributed by atoms with Crippen LogP contribution in [-0.2, 0) is 31.9 Å². The van der Waals surface area contributed by atoms with E-state index in [-0.39, 0.29) is 12.0 Å². The van der Waals surface area contributed by atoms with Crippen LogP contribution in [0.15, 0.2) is 48.7 Å². The van der Waals surface area contributed by atoms with E-state index in [0.717, 1.165) is 73.4 Å². The largest absolute Gasteiger partial charge is 0.465 e. The fraction of sp³-hybridized carbons (Fsp3) is 0.545. The van der Waals surface area contributed by atoms with Crippen LogP contribution in [-0.4, -0.2) is 122 Å². The van der Waals surface area contributed by atoms with Gasteiger partial charge in [-0.25, -0.2) is 9.59 Å². The fourth-order valence-electron chi connectivity index (χ4n) is 7.82. The summed E-state index contributed by atoms with van der Waals surface area (Å²) in [6.07, 6.45) is 4.39. The number of esters is 1. The number of carbonyl (C=O) groups excluding carboxylic acids is 2. The van der Waals surface area contributed by atoms with Gasteiger partial charge in [-0.2, -0.15) is 9.97 Å². The molecule has 4 heterocycles. The van der Waals surface area contributed by atoms with E-state index >= 15 is 0 Å². The normalized spacial score (nSPS) is 16.0. The molecule has 6 rings (SSSR count). The molecule has 0 aliphatic carbocycles. The maximum Gasteiger partial charge on any atom is 0.410 e. The number of piperazine rings is 1. The molecule has 326 valence electrons. The predicted octanol–water partition coefficient (Wildman–Crippen LogP) is 8.35. The molecule has 2 aromatic carbocycles. The van der Waals surface area contributed by atoms with E-state index in [4.69, 9.17) is 24.2 Å². The molecule has 0 unspecified atom stereocenters. The van der Waals surface area contributed by atoms with Gasteiger partial charge in [0.15, 0.2) is 0 Å². The number of amides is 1. The van der Waals surface area contributed by atoms with Crippen molar-refractivity contribution in [3.05, 3.63) is 59.8 Å². The van der Waals surface area contributed by atoms with Crippen LogP contribution in [0.25, 0.3) is 11.0 Å². The zero-order chi connectivity index (χ0) is 43.4. The summed E-state index contributed by atoms with van der Waals surface area (Å²) in [6.45, 7) is 23.9. The second-order valence-corrected chi connectivity index (χ2v) is 27.3. The molecule has 2 aromatic heterocycles. The number of benzene rings is 2. The lowest BCUT2D eigenvalue weighted by Crippen LogP contribution is -2.55. The van der Waals surface area contributed by atoms with Gasteiger partial charge in [-0.1, -0.05) is 38.7 Å². The van der Waals surface area contributed by atoms with Crippen LogP contribution < -0.4 is 20.8 Å². The molecule has 2 aliphatic heterocycles. The number of aromatic nitrogens is 3. The molecule has 0 spiro atoms. The number of aryl methyl sites for hydroxylation is 1. The maximum atomic E-state index is 13.5. The van der Waals surface area contributed by atoms with Crippen molar-refractivity contribution < 1.29 is 28.4 Å². The van der Waals surface area contributed by atoms with Gasteiger partial charge in [-0.3, -0.25) is 4.90 Å². The first-order valence-corrected chi connectivity index (χ1v) is 27.5. The average molecular weight is 861 g/mol. The first-order chi connectivity index (χ1) is 28.3. The minimum atomic E-state index is -2.63. The van der Waals surface area contributed by atoms with Crippen LogP contribution in [0.2, 0.25) is 25.7 Å². The van der Waals surface area contributed by atoms with E-state index in [0.29, 0.717) is 60.9 Å². The van der Waals surface area contributed by atoms with Gasteiger partial charge >= 0.3 is 12.1 Å². The van der Waals surface area contributed by atoms with Crippen molar-refractivity contribution in [2.24, 2.45) is 0 Å². The number of anilines is 5. The Balaban J connectivity index is 1.26. The van der Waals surface area contributed by atoms with E-state index in [1.165, 1.54) is 7.11 Å². The van der Waals surface area contributed by atoms with Crippen molar-refractivity contribution in [1.82, 2.24) is 24.3 Å². The summed E-state index contributed by atoms with van der Waals surface area (Å²) in [4.78, 5) is 42.8. The van der Waals surface area contributed by atoms with Gasteiger partial charge < -0.3 is 43.8 Å². The van der Waals surface area contributed by atoms with Gasteiger partial charge in [0.05, 0.1) is 29.4 Å². The summed E-state index contributed by atoms with van der Waals surface area (Å²) in [5, 5.41) is 8.38. The number of methoxy groups -OCH3 is 1. The van der Waals surface area contributed by atoms with Crippen molar-refractivity contribution in [2.45, 2.75) is 91.0 Å². The Labute approximate surface area is 356 Å². The first kappa shape index (κ1) is 45.1. The van der Waals surface area contributed by atoms with Crippen molar-refractivity contribution in [3.8, 4) is 0 Å². The molecule has 2 aliphatic rings. The third-order valence-corrected chi connectivity index (χ3v) is 14.4. The summed E-state index contributed by atoms with van der Waals surface area (Å²) < 4.78 is 32.4. The van der Waals surface area contributed by atoms with Gasteiger partial charge in [0.2, 0.25) is 5.95 Å². The number of para-hydroxylation sites is 1. The van der Waals surface area contributed by atoms with E-state index in [2.05, 4.69) is 47.0 Å². The Bertz CT molecular complexity index is 2200. The maximum absolute atomic E-state index is 13.5. The predicted molar refractivity (Wildman–Crippen MR) is 246 cm³/mol. The van der Waals surface area contributed by atoms with Crippen molar-refractivity contribution in [1.29, 1.82) is 0 Å². The molecular formula is C44H65N8O6PSi. The number of hydrogen-bond donors (Lipinski definition) is 2. The number of nitrogens with one attached hydrogen (secondary N) is 2. The van der Waals surface area contributed by atoms with Gasteiger partial charge in [0.1, 0.15) is 30.9 Å². The lowest BCUT2D eigenvalue weighted by atomic mass is 9.98. The highest BCUT2D eigenvalue weighted by Crippen LogP contribution is 2.39. The van der Waals surface area contributed by atoms with Crippen LogP contribution in [0.3, 0.4) is 0 Å². The summed E-state index contributed by atoms with van der Waals surface area (Å²) in [5.74, 6) is 0.354. The average Bonchev–Trinajstić information content (AvgIpc) is 3.61. The molecule has 0 saturated carbocycles. The molecule has 0 bridgehead atoms. The minimum Gasteiger partial charge on any atom is -0.465 e. The number of ether oxygens (including phenoxy) is 3. The van der Waals surface area contributed by atoms with Crippen molar-refractivity contribution in [3.63, 3.8) is 0 Å². The van der Waals surface area contributed by atoms with Crippen LogP contribution >= 0.6 is 7.14 Å². The Kier molecular flexibility index (Phi) is 14.0. The van der Waals surface area contributed by atoms with E-state index in [9.17, 15) is 14.2 Å². The van der Waals surface area contributed by atoms with E-state index in [1.54, 1.807) is 13.3 Å². The molecular weight excluding hydrogens is 796 g/mol. The molecule has 2 saturated heterocycles. The molecule has 0 radical (unpaired) electrons. The smallest absolute Gasteiger partial charge is 0.410 e. The standard InChI is InChI=1S/C44H65N8O6PSi/c1-11-31-28-36(34(41(53)56-5)29-37(31)50-19-16-32(17-20-50)49-22-24-51(25-23-49)43(54)58-44(2,3)4)46-42-47-39(45-35-14-12-13-15-38(35)59(6,7)55)33-18-21-52(40(33)48-42)30-57-26-27-60(8,9)10/h12-15,18,21,28-29,32H,11,16-17,19-20,22-27,30H2,1-10H3,(H2,45,46,47,48).